The lowest BCUT2D eigenvalue weighted by Gasteiger charge is -2.09. The number of ether oxygens (including phenoxy) is 1. The molecule has 1 aliphatic rings. The van der Waals surface area contributed by atoms with Crippen LogP contribution in [0.5, 0.6) is 5.88 Å². The Morgan fingerprint density at radius 1 is 1.26 bits per heavy atom. The van der Waals surface area contributed by atoms with Crippen LogP contribution < -0.4 is 4.74 Å². The molecule has 0 spiro atoms. The van der Waals surface area contributed by atoms with Crippen molar-refractivity contribution in [3.63, 3.8) is 0 Å². The third-order valence-electron chi connectivity index (χ3n) is 4.17. The molecule has 0 bridgehead atoms. The highest BCUT2D eigenvalue weighted by atomic mass is 19.3. The van der Waals surface area contributed by atoms with Crippen LogP contribution in [-0.2, 0) is 5.92 Å². The van der Waals surface area contributed by atoms with Gasteiger partial charge < -0.3 is 4.74 Å². The highest BCUT2D eigenvalue weighted by molar-refractivity contribution is 5.59. The van der Waals surface area contributed by atoms with E-state index in [0.717, 1.165) is 10.5 Å². The first-order chi connectivity index (χ1) is 12.6. The smallest absolute Gasteiger partial charge is 0.304 e. The molecule has 0 saturated heterocycles. The van der Waals surface area contributed by atoms with Crippen LogP contribution in [0.25, 0.3) is 16.9 Å². The second-order valence-corrected chi connectivity index (χ2v) is 6.40. The minimum absolute atomic E-state index is 0.106. The lowest BCUT2D eigenvalue weighted by molar-refractivity contribution is 0.00667. The summed E-state index contributed by atoms with van der Waals surface area (Å²) >= 11 is 0. The third kappa shape index (κ3) is 3.28. The third-order valence-corrected chi connectivity index (χ3v) is 4.17. The quantitative estimate of drug-likeness (QED) is 0.630. The van der Waals surface area contributed by atoms with E-state index in [2.05, 4.69) is 20.2 Å². The van der Waals surface area contributed by atoms with Crippen LogP contribution in [0.3, 0.4) is 0 Å². The molecule has 0 aliphatic heterocycles. The van der Waals surface area contributed by atoms with E-state index in [1.165, 1.54) is 18.6 Å². The molecule has 27 heavy (non-hydrogen) atoms. The van der Waals surface area contributed by atoms with Crippen LogP contribution >= 0.6 is 0 Å². The molecule has 3 aromatic heterocycles. The van der Waals surface area contributed by atoms with Crippen LogP contribution in [0.2, 0.25) is 0 Å². The van der Waals surface area contributed by atoms with Gasteiger partial charge in [-0.3, -0.25) is 9.38 Å². The largest absolute Gasteiger partial charge is 0.475 e. The van der Waals surface area contributed by atoms with Crippen molar-refractivity contribution in [2.45, 2.75) is 25.2 Å². The Bertz CT molecular complexity index is 1020. The van der Waals surface area contributed by atoms with Crippen LogP contribution in [-0.4, -0.2) is 37.1 Å². The molecule has 0 unspecified atom stereocenters. The van der Waals surface area contributed by atoms with E-state index in [1.807, 2.05) is 0 Å². The molecular weight excluding hydrogens is 373 g/mol. The highest BCUT2D eigenvalue weighted by Crippen LogP contribution is 2.48. The molecule has 6 nitrogen and oxygen atoms in total. The average molecular weight is 385 g/mol. The Morgan fingerprint density at radius 2 is 2.00 bits per heavy atom. The molecule has 0 N–H and O–H groups in total. The molecule has 3 heterocycles. The number of pyridine rings is 1. The topological polar surface area (TPSA) is 65.2 Å². The number of hydrogen-bond acceptors (Lipinski definition) is 5. The van der Waals surface area contributed by atoms with Gasteiger partial charge in [-0.1, -0.05) is 0 Å². The molecular formula is C16H12F5N5O. The molecule has 0 radical (unpaired) electrons. The van der Waals surface area contributed by atoms with Crippen LogP contribution in [0, 0.1) is 11.7 Å². The first kappa shape index (κ1) is 17.6. The number of nitrogens with zero attached hydrogens (tertiary/aromatic N) is 5. The molecule has 4 rings (SSSR count). The zero-order valence-electron chi connectivity index (χ0n) is 13.8. The molecule has 1 fully saturated rings. The molecule has 0 aromatic carbocycles. The number of hydrogen-bond donors (Lipinski definition) is 0. The summed E-state index contributed by atoms with van der Waals surface area (Å²) in [6.45, 7) is 0.344. The Hall–Kier alpha value is -2.85. The Balaban J connectivity index is 1.60. The summed E-state index contributed by atoms with van der Waals surface area (Å²) in [4.78, 5) is 7.80. The van der Waals surface area contributed by atoms with Gasteiger partial charge in [0.15, 0.2) is 11.5 Å². The normalized spacial score (nSPS) is 18.7. The van der Waals surface area contributed by atoms with Crippen molar-refractivity contribution < 1.29 is 26.7 Å². The summed E-state index contributed by atoms with van der Waals surface area (Å²) in [5.74, 6) is -8.81. The van der Waals surface area contributed by atoms with E-state index in [1.54, 1.807) is 0 Å². The summed E-state index contributed by atoms with van der Waals surface area (Å²) in [5, 5.41) is 7.05. The van der Waals surface area contributed by atoms with Gasteiger partial charge in [0.2, 0.25) is 11.7 Å². The summed E-state index contributed by atoms with van der Waals surface area (Å²) in [5.41, 5.74) is 0.450. The van der Waals surface area contributed by atoms with E-state index in [0.29, 0.717) is 6.92 Å². The van der Waals surface area contributed by atoms with Crippen LogP contribution in [0.15, 0.2) is 24.7 Å². The lowest BCUT2D eigenvalue weighted by atomic mass is 10.2. The number of rotatable bonds is 5. The Morgan fingerprint density at radius 3 is 2.63 bits per heavy atom. The average Bonchev–Trinajstić information content (AvgIpc) is 3.01. The van der Waals surface area contributed by atoms with Gasteiger partial charge in [-0.25, -0.2) is 18.2 Å². The number of halogens is 5. The molecule has 1 aliphatic carbocycles. The van der Waals surface area contributed by atoms with Gasteiger partial charge in [0.25, 0.3) is 5.92 Å². The Kier molecular flexibility index (Phi) is 3.79. The highest BCUT2D eigenvalue weighted by Gasteiger charge is 2.57. The summed E-state index contributed by atoms with van der Waals surface area (Å²) in [7, 11) is 0. The minimum atomic E-state index is -3.23. The standard InChI is InChI=1S/C16H12F5N5O/c1-15(18,19)14-25-24-12-5-22-11(6-26(12)14)8-2-10(17)13(23-4-8)27-7-9-3-16(9,20)21/h2,4-6,9H,3,7H2,1H3/t9-/m1/s1. The number of alkyl halides is 4. The SMILES string of the molecule is CC(F)(F)c1nnc2cnc(-c3cnc(OC[C@H]4CC4(F)F)c(F)c3)cn12. The van der Waals surface area contributed by atoms with Gasteiger partial charge in [-0.15, -0.1) is 10.2 Å². The van der Waals surface area contributed by atoms with Gasteiger partial charge in [-0.2, -0.15) is 8.78 Å². The monoisotopic (exact) mass is 385 g/mol. The van der Waals surface area contributed by atoms with Crippen molar-refractivity contribution in [1.29, 1.82) is 0 Å². The van der Waals surface area contributed by atoms with Crippen LogP contribution in [0.4, 0.5) is 22.0 Å². The maximum atomic E-state index is 14.2. The zero-order valence-corrected chi connectivity index (χ0v) is 13.8. The van der Waals surface area contributed by atoms with Crippen molar-refractivity contribution in [3.05, 3.63) is 36.3 Å². The van der Waals surface area contributed by atoms with Gasteiger partial charge in [-0.05, 0) is 6.07 Å². The van der Waals surface area contributed by atoms with Gasteiger partial charge in [0, 0.05) is 31.3 Å². The van der Waals surface area contributed by atoms with E-state index in [4.69, 9.17) is 4.74 Å². The maximum Gasteiger partial charge on any atom is 0.304 e. The lowest BCUT2D eigenvalue weighted by Crippen LogP contribution is -2.12. The van der Waals surface area contributed by atoms with Crippen molar-refractivity contribution in [3.8, 4) is 17.1 Å². The first-order valence-electron chi connectivity index (χ1n) is 7.91. The summed E-state index contributed by atoms with van der Waals surface area (Å²) in [6, 6.07) is 1.04. The molecule has 1 atom stereocenters. The van der Waals surface area contributed by atoms with Crippen LogP contribution in [0.1, 0.15) is 19.2 Å². The van der Waals surface area contributed by atoms with Gasteiger partial charge in [0.05, 0.1) is 24.4 Å². The molecule has 0 amide bonds. The number of fused-ring (bicyclic) bond motifs is 1. The summed E-state index contributed by atoms with van der Waals surface area (Å²) in [6.07, 6.45) is 3.38. The summed E-state index contributed by atoms with van der Waals surface area (Å²) < 4.78 is 73.1. The van der Waals surface area contributed by atoms with Crippen molar-refractivity contribution >= 4 is 5.65 Å². The van der Waals surface area contributed by atoms with E-state index < -0.39 is 35.3 Å². The molecule has 1 saturated carbocycles. The Labute approximate surface area is 149 Å². The fraction of sp³-hybridized carbons (Fsp3) is 0.375. The van der Waals surface area contributed by atoms with E-state index in [9.17, 15) is 22.0 Å². The molecule has 142 valence electrons. The maximum absolute atomic E-state index is 14.2. The predicted molar refractivity (Wildman–Crippen MR) is 82.1 cm³/mol. The fourth-order valence-corrected chi connectivity index (χ4v) is 2.55. The first-order valence-corrected chi connectivity index (χ1v) is 7.91. The van der Waals surface area contributed by atoms with Crippen molar-refractivity contribution in [2.75, 3.05) is 6.61 Å². The predicted octanol–water partition coefficient (Wildman–Crippen LogP) is 3.47. The minimum Gasteiger partial charge on any atom is -0.475 e. The second kappa shape index (κ2) is 5.83. The van der Waals surface area contributed by atoms with Gasteiger partial charge in [0.1, 0.15) is 0 Å². The van der Waals surface area contributed by atoms with Crippen molar-refractivity contribution in [1.82, 2.24) is 24.6 Å². The molecule has 3 aromatic rings. The van der Waals surface area contributed by atoms with Crippen molar-refractivity contribution in [2.24, 2.45) is 5.92 Å². The fourth-order valence-electron chi connectivity index (χ4n) is 2.55. The van der Waals surface area contributed by atoms with E-state index >= 15 is 0 Å². The second-order valence-electron chi connectivity index (χ2n) is 6.40. The number of aromatic nitrogens is 5. The molecule has 11 heteroatoms. The van der Waals surface area contributed by atoms with Gasteiger partial charge >= 0.3 is 5.92 Å². The zero-order chi connectivity index (χ0) is 19.4. The van der Waals surface area contributed by atoms with E-state index in [-0.39, 0.29) is 29.9 Å².